The Hall–Kier alpha value is -1.41. The van der Waals surface area contributed by atoms with Gasteiger partial charge in [-0.3, -0.25) is 4.90 Å². The fourth-order valence-corrected chi connectivity index (χ4v) is 3.13. The quantitative estimate of drug-likeness (QED) is 0.787. The van der Waals surface area contributed by atoms with Crippen molar-refractivity contribution in [2.24, 2.45) is 11.8 Å². The average molecular weight is 387 g/mol. The molecule has 1 aliphatic heterocycles. The topological polar surface area (TPSA) is 78.5 Å². The van der Waals surface area contributed by atoms with Crippen LogP contribution in [0.25, 0.3) is 0 Å². The van der Waals surface area contributed by atoms with Gasteiger partial charge in [0.05, 0.1) is 12.2 Å². The Balaban J connectivity index is 2.07. The molecule has 128 valence electrons. The molecule has 0 unspecified atom stereocenters. The molecule has 1 amide bonds. The first-order valence-electron chi connectivity index (χ1n) is 7.70. The first kappa shape index (κ1) is 17.9. The van der Waals surface area contributed by atoms with Crippen molar-refractivity contribution in [1.82, 2.24) is 19.9 Å². The van der Waals surface area contributed by atoms with Crippen LogP contribution < -0.4 is 0 Å². The predicted molar refractivity (Wildman–Crippen MR) is 88.4 cm³/mol. The number of halogens is 1. The minimum Gasteiger partial charge on any atom is -0.350 e. The zero-order chi connectivity index (χ0) is 17.1. The molecule has 0 spiro atoms. The van der Waals surface area contributed by atoms with Crippen LogP contribution in [0.5, 0.6) is 0 Å². The number of aromatic nitrogens is 2. The van der Waals surface area contributed by atoms with E-state index in [4.69, 9.17) is 4.84 Å². The van der Waals surface area contributed by atoms with E-state index in [-0.39, 0.29) is 12.0 Å². The molecule has 3 atom stereocenters. The average Bonchev–Trinajstić information content (AvgIpc) is 3.05. The molecule has 2 rings (SSSR count). The summed E-state index contributed by atoms with van der Waals surface area (Å²) in [5, 5.41) is 1.65. The van der Waals surface area contributed by atoms with Crippen LogP contribution in [0.15, 0.2) is 10.8 Å². The number of nitrogens with zero attached hydrogens (tertiary/aromatic N) is 3. The van der Waals surface area contributed by atoms with Gasteiger partial charge in [-0.2, -0.15) is 0 Å². The van der Waals surface area contributed by atoms with Crippen LogP contribution in [0.4, 0.5) is 4.79 Å². The van der Waals surface area contributed by atoms with Crippen LogP contribution in [0.3, 0.4) is 0 Å². The maximum atomic E-state index is 12.4. The molecule has 1 aromatic heterocycles. The van der Waals surface area contributed by atoms with E-state index in [0.29, 0.717) is 12.5 Å². The Kier molecular flexibility index (Phi) is 5.80. The lowest BCUT2D eigenvalue weighted by Crippen LogP contribution is -2.44. The molecule has 1 aromatic rings. The van der Waals surface area contributed by atoms with Gasteiger partial charge in [0.25, 0.3) is 0 Å². The van der Waals surface area contributed by atoms with Gasteiger partial charge in [0, 0.05) is 13.6 Å². The minimum atomic E-state index is -0.527. The van der Waals surface area contributed by atoms with E-state index in [1.807, 2.05) is 13.8 Å². The molecule has 1 fully saturated rings. The van der Waals surface area contributed by atoms with Crippen molar-refractivity contribution >= 4 is 28.3 Å². The molecule has 23 heavy (non-hydrogen) atoms. The Bertz CT molecular complexity index is 563. The van der Waals surface area contributed by atoms with E-state index in [1.165, 1.54) is 4.90 Å². The van der Waals surface area contributed by atoms with Crippen LogP contribution in [0, 0.1) is 11.8 Å². The normalized spacial score (nSPS) is 23.0. The highest BCUT2D eigenvalue weighted by atomic mass is 79.9. The van der Waals surface area contributed by atoms with Crippen LogP contribution in [0.1, 0.15) is 39.1 Å². The summed E-state index contributed by atoms with van der Waals surface area (Å²) in [6.45, 7) is 6.52. The summed E-state index contributed by atoms with van der Waals surface area (Å²) in [6, 6.07) is -0.610. The summed E-state index contributed by atoms with van der Waals surface area (Å²) in [7, 11) is 1.58. The standard InChI is InChI=1S/C15H23BrN4O3/c1-9(2)12(8-21)19(4)15(22)23-20-7-10(3)5-11(20)14-17-6-13(16)18-14/h6,8-12H,5,7H2,1-4H3,(H,17,18)/t10-,11-,12+/m0/s1. The number of imidazole rings is 1. The summed E-state index contributed by atoms with van der Waals surface area (Å²) in [5.41, 5.74) is 0. The van der Waals surface area contributed by atoms with E-state index >= 15 is 0 Å². The zero-order valence-corrected chi connectivity index (χ0v) is 15.4. The van der Waals surface area contributed by atoms with Gasteiger partial charge in [0.15, 0.2) is 0 Å². The van der Waals surface area contributed by atoms with Crippen molar-refractivity contribution in [2.45, 2.75) is 39.3 Å². The summed E-state index contributed by atoms with van der Waals surface area (Å²) in [6.07, 6.45) is 2.78. The molecule has 0 saturated carbocycles. The van der Waals surface area contributed by atoms with E-state index in [9.17, 15) is 9.59 Å². The molecular formula is C15H23BrN4O3. The highest BCUT2D eigenvalue weighted by molar-refractivity contribution is 9.10. The smallest absolute Gasteiger partial charge is 0.350 e. The molecule has 1 aliphatic rings. The Labute approximate surface area is 144 Å². The van der Waals surface area contributed by atoms with Crippen molar-refractivity contribution in [3.05, 3.63) is 16.6 Å². The molecule has 0 aliphatic carbocycles. The Morgan fingerprint density at radius 1 is 1.61 bits per heavy atom. The molecular weight excluding hydrogens is 364 g/mol. The number of hydrogen-bond donors (Lipinski definition) is 1. The summed E-state index contributed by atoms with van der Waals surface area (Å²) >= 11 is 3.34. The lowest BCUT2D eigenvalue weighted by atomic mass is 10.1. The van der Waals surface area contributed by atoms with Crippen LogP contribution >= 0.6 is 15.9 Å². The van der Waals surface area contributed by atoms with Gasteiger partial charge in [0.1, 0.15) is 22.8 Å². The number of carbonyl (C=O) groups excluding carboxylic acids is 2. The van der Waals surface area contributed by atoms with Gasteiger partial charge in [0.2, 0.25) is 0 Å². The predicted octanol–water partition coefficient (Wildman–Crippen LogP) is 2.76. The molecule has 0 radical (unpaired) electrons. The second kappa shape index (κ2) is 7.44. The van der Waals surface area contributed by atoms with Gasteiger partial charge in [-0.25, -0.2) is 9.78 Å². The third-order valence-electron chi connectivity index (χ3n) is 4.10. The van der Waals surface area contributed by atoms with E-state index in [1.54, 1.807) is 18.3 Å². The van der Waals surface area contributed by atoms with E-state index in [2.05, 4.69) is 32.8 Å². The molecule has 7 nitrogen and oxygen atoms in total. The number of amides is 1. The lowest BCUT2D eigenvalue weighted by Gasteiger charge is -2.29. The second-order valence-corrected chi connectivity index (χ2v) is 7.27. The highest BCUT2D eigenvalue weighted by Gasteiger charge is 2.37. The van der Waals surface area contributed by atoms with Crippen molar-refractivity contribution in [2.75, 3.05) is 13.6 Å². The van der Waals surface area contributed by atoms with Gasteiger partial charge in [-0.15, -0.1) is 5.06 Å². The van der Waals surface area contributed by atoms with Gasteiger partial charge in [-0.1, -0.05) is 20.8 Å². The number of rotatable bonds is 5. The number of H-pyrrole nitrogens is 1. The maximum absolute atomic E-state index is 12.4. The Morgan fingerprint density at radius 2 is 2.30 bits per heavy atom. The third kappa shape index (κ3) is 4.11. The van der Waals surface area contributed by atoms with Crippen molar-refractivity contribution in [3.63, 3.8) is 0 Å². The largest absolute Gasteiger partial charge is 0.429 e. The van der Waals surface area contributed by atoms with Gasteiger partial charge < -0.3 is 14.6 Å². The number of hydrogen-bond acceptors (Lipinski definition) is 5. The SMILES string of the molecule is CC(C)[C@@H](C=O)N(C)C(=O)ON1C[C@@H](C)C[C@H]1c1ncc(Br)[nH]1. The van der Waals surface area contributed by atoms with Crippen LogP contribution in [0.2, 0.25) is 0 Å². The van der Waals surface area contributed by atoms with E-state index < -0.39 is 12.1 Å². The van der Waals surface area contributed by atoms with Gasteiger partial charge in [-0.05, 0) is 34.2 Å². The maximum Gasteiger partial charge on any atom is 0.429 e. The summed E-state index contributed by atoms with van der Waals surface area (Å²) < 4.78 is 0.788. The fourth-order valence-electron chi connectivity index (χ4n) is 2.82. The van der Waals surface area contributed by atoms with Crippen LogP contribution in [-0.2, 0) is 9.63 Å². The Morgan fingerprint density at radius 3 is 2.83 bits per heavy atom. The first-order valence-corrected chi connectivity index (χ1v) is 8.49. The van der Waals surface area contributed by atoms with Crippen LogP contribution in [-0.4, -0.2) is 51.9 Å². The number of hydroxylamine groups is 2. The van der Waals surface area contributed by atoms with E-state index in [0.717, 1.165) is 23.1 Å². The fraction of sp³-hybridized carbons (Fsp3) is 0.667. The number of aldehydes is 1. The minimum absolute atomic E-state index is 0.0272. The van der Waals surface area contributed by atoms with Gasteiger partial charge >= 0.3 is 6.09 Å². The number of aromatic amines is 1. The lowest BCUT2D eigenvalue weighted by molar-refractivity contribution is -0.132. The molecule has 1 saturated heterocycles. The molecule has 2 heterocycles. The third-order valence-corrected chi connectivity index (χ3v) is 4.50. The summed E-state index contributed by atoms with van der Waals surface area (Å²) in [4.78, 5) is 37.9. The monoisotopic (exact) mass is 386 g/mol. The summed E-state index contributed by atoms with van der Waals surface area (Å²) in [5.74, 6) is 1.17. The zero-order valence-electron chi connectivity index (χ0n) is 13.8. The number of carbonyl (C=O) groups is 2. The molecule has 8 heteroatoms. The number of nitrogens with one attached hydrogen (secondary N) is 1. The van der Waals surface area contributed by atoms with Crippen molar-refractivity contribution < 1.29 is 14.4 Å². The molecule has 0 aromatic carbocycles. The second-order valence-electron chi connectivity index (χ2n) is 6.41. The van der Waals surface area contributed by atoms with Crippen molar-refractivity contribution in [1.29, 1.82) is 0 Å². The first-order chi connectivity index (χ1) is 10.8. The highest BCUT2D eigenvalue weighted by Crippen LogP contribution is 2.34. The molecule has 0 bridgehead atoms. The van der Waals surface area contributed by atoms with Crippen molar-refractivity contribution in [3.8, 4) is 0 Å². The number of likely N-dealkylation sites (N-methyl/N-ethyl adjacent to an activating group) is 1. The molecule has 1 N–H and O–H groups in total.